The number of thiophene rings is 2. The summed E-state index contributed by atoms with van der Waals surface area (Å²) in [4.78, 5) is 3.96. The predicted molar refractivity (Wildman–Crippen MR) is 150 cm³/mol. The molecule has 0 spiro atoms. The summed E-state index contributed by atoms with van der Waals surface area (Å²) >= 11 is 2.16. The van der Waals surface area contributed by atoms with Crippen LogP contribution in [-0.4, -0.2) is 46.0 Å². The van der Waals surface area contributed by atoms with E-state index in [1.165, 1.54) is 21.9 Å². The quantitative estimate of drug-likeness (QED) is 0.211. The van der Waals surface area contributed by atoms with Crippen LogP contribution in [-0.2, 0) is 0 Å². The summed E-state index contributed by atoms with van der Waals surface area (Å²) in [7, 11) is 6.27. The first-order valence-corrected chi connectivity index (χ1v) is 13.5. The third kappa shape index (κ3) is 4.15. The number of nitrogens with zero attached hydrogens (tertiary/aromatic N) is 2. The van der Waals surface area contributed by atoms with E-state index in [1.54, 1.807) is 88.9 Å². The molecule has 0 saturated heterocycles. The van der Waals surface area contributed by atoms with Gasteiger partial charge in [-0.3, -0.25) is 0 Å². The lowest BCUT2D eigenvalue weighted by atomic mass is 9.95. The maximum Gasteiger partial charge on any atom is 0.380 e. The number of alkyl halides is 6. The van der Waals surface area contributed by atoms with E-state index in [0.29, 0.717) is 20.9 Å². The Morgan fingerprint density at radius 2 is 0.872 bits per heavy atom. The zero-order chi connectivity index (χ0) is 28.3. The fourth-order valence-corrected chi connectivity index (χ4v) is 6.89. The van der Waals surface area contributed by atoms with Gasteiger partial charge in [0.05, 0.1) is 10.0 Å². The van der Waals surface area contributed by atoms with Crippen LogP contribution in [0.3, 0.4) is 0 Å². The van der Waals surface area contributed by atoms with E-state index in [4.69, 9.17) is 0 Å². The second-order valence-corrected chi connectivity index (χ2v) is 11.7. The number of benzene rings is 2. The van der Waals surface area contributed by atoms with E-state index in [9.17, 15) is 0 Å². The number of rotatable bonds is 6. The van der Waals surface area contributed by atoms with Crippen LogP contribution in [0.4, 0.5) is 36.3 Å². The number of anilines is 2. The molecule has 0 atom stereocenters. The molecule has 0 fully saturated rings. The molecule has 0 amide bonds. The van der Waals surface area contributed by atoms with Crippen LogP contribution >= 0.6 is 22.7 Å². The Hall–Kier alpha value is -3.24. The molecule has 5 rings (SSSR count). The fourth-order valence-electron chi connectivity index (χ4n) is 4.71. The summed E-state index contributed by atoms with van der Waals surface area (Å²) in [6.45, 7) is 0. The summed E-state index contributed by atoms with van der Waals surface area (Å²) in [6.07, 6.45) is 0. The molecule has 39 heavy (non-hydrogen) atoms. The minimum absolute atomic E-state index is 0.180. The molecular weight excluding hydrogens is 554 g/mol. The van der Waals surface area contributed by atoms with Gasteiger partial charge in [-0.15, -0.1) is 22.7 Å². The van der Waals surface area contributed by atoms with E-state index in [1.807, 2.05) is 0 Å². The number of hydrogen-bond donors (Lipinski definition) is 0. The van der Waals surface area contributed by atoms with Crippen molar-refractivity contribution in [2.45, 2.75) is 17.8 Å². The van der Waals surface area contributed by atoms with Crippen LogP contribution in [0.1, 0.15) is 11.1 Å². The maximum absolute atomic E-state index is 15.7. The average Bonchev–Trinajstić information content (AvgIpc) is 3.55. The van der Waals surface area contributed by atoms with Crippen LogP contribution in [0.25, 0.3) is 32.0 Å². The van der Waals surface area contributed by atoms with Gasteiger partial charge in [0, 0.05) is 60.2 Å². The Labute approximate surface area is 230 Å². The molecule has 2 nitrogen and oxygen atoms in total. The van der Waals surface area contributed by atoms with Crippen molar-refractivity contribution in [1.82, 2.24) is 0 Å². The molecule has 2 heterocycles. The first-order valence-electron chi connectivity index (χ1n) is 11.9. The minimum atomic E-state index is -5.64. The van der Waals surface area contributed by atoms with Crippen LogP contribution in [0.5, 0.6) is 0 Å². The summed E-state index contributed by atoms with van der Waals surface area (Å²) in [6, 6.07) is 20.2. The molecule has 1 aliphatic rings. The van der Waals surface area contributed by atoms with Crippen molar-refractivity contribution in [1.29, 1.82) is 0 Å². The lowest BCUT2D eigenvalue weighted by molar-refractivity contribution is -0.254. The third-order valence-corrected chi connectivity index (χ3v) is 9.26. The van der Waals surface area contributed by atoms with Gasteiger partial charge >= 0.3 is 17.8 Å². The van der Waals surface area contributed by atoms with Crippen molar-refractivity contribution in [2.24, 2.45) is 0 Å². The molecule has 204 valence electrons. The molecule has 10 heteroatoms. The van der Waals surface area contributed by atoms with E-state index < -0.39 is 28.9 Å². The average molecular weight is 579 g/mol. The molecule has 0 unspecified atom stereocenters. The summed E-state index contributed by atoms with van der Waals surface area (Å²) in [5.41, 5.74) is -2.04. The maximum atomic E-state index is 15.7. The van der Waals surface area contributed by atoms with E-state index in [2.05, 4.69) is 0 Å². The van der Waals surface area contributed by atoms with Gasteiger partial charge in [-0.05, 0) is 23.3 Å². The largest absolute Gasteiger partial charge is 0.380 e. The van der Waals surface area contributed by atoms with Gasteiger partial charge in [0.25, 0.3) is 0 Å². The van der Waals surface area contributed by atoms with Crippen molar-refractivity contribution in [3.63, 3.8) is 0 Å². The van der Waals surface area contributed by atoms with Crippen molar-refractivity contribution in [3.05, 3.63) is 83.9 Å². The number of hydrogen-bond acceptors (Lipinski definition) is 4. The second kappa shape index (κ2) is 9.45. The van der Waals surface area contributed by atoms with Crippen LogP contribution in [0.2, 0.25) is 0 Å². The molecule has 1 aliphatic carbocycles. The molecule has 0 saturated carbocycles. The smallest absolute Gasteiger partial charge is 0.369 e. The standard InChI is InChI=1S/C29H24F6N2S2/c1-36(2)25-19(15-21(38-25)17-11-7-5-8-12-17)23-24(28(32,33)29(34,35)27(23,30)31)20-16-22(39-26(20)37(3)4)18-13-9-6-10-14-18/h5-16H,1-4H3. The normalized spacial score (nSPS) is 17.5. The van der Waals surface area contributed by atoms with E-state index >= 15 is 26.3 Å². The van der Waals surface area contributed by atoms with E-state index in [-0.39, 0.29) is 21.1 Å². The van der Waals surface area contributed by atoms with Gasteiger partial charge in [0.15, 0.2) is 0 Å². The number of halogens is 6. The van der Waals surface area contributed by atoms with Crippen LogP contribution < -0.4 is 9.80 Å². The molecule has 0 bridgehead atoms. The Bertz CT molecular complexity index is 1420. The zero-order valence-electron chi connectivity index (χ0n) is 21.4. The highest BCUT2D eigenvalue weighted by Crippen LogP contribution is 2.67. The highest BCUT2D eigenvalue weighted by molar-refractivity contribution is 7.20. The van der Waals surface area contributed by atoms with Crippen molar-refractivity contribution < 1.29 is 26.3 Å². The molecule has 0 aliphatic heterocycles. The van der Waals surface area contributed by atoms with Gasteiger partial charge in [0.2, 0.25) is 0 Å². The SMILES string of the molecule is CN(C)c1sc(-c2ccccc2)cc1C1=C(c2cc(-c3ccccc3)sc2N(C)C)C(F)(F)C(F)(F)C1(F)F. The predicted octanol–water partition coefficient (Wildman–Crippen LogP) is 9.11. The molecule has 0 radical (unpaired) electrons. The lowest BCUT2D eigenvalue weighted by Gasteiger charge is -2.26. The first kappa shape index (κ1) is 27.3. The highest BCUT2D eigenvalue weighted by Gasteiger charge is 2.80. The van der Waals surface area contributed by atoms with Gasteiger partial charge < -0.3 is 9.80 Å². The lowest BCUT2D eigenvalue weighted by Crippen LogP contribution is -2.49. The summed E-state index contributed by atoms with van der Waals surface area (Å²) in [5, 5.41) is 0.360. The second-order valence-electron chi connectivity index (χ2n) is 9.65. The molecular formula is C29H24F6N2S2. The topological polar surface area (TPSA) is 6.48 Å². The Kier molecular flexibility index (Phi) is 6.62. The fraction of sp³-hybridized carbons (Fsp3) is 0.241. The molecule has 2 aromatic heterocycles. The van der Waals surface area contributed by atoms with Crippen molar-refractivity contribution in [2.75, 3.05) is 38.0 Å². The van der Waals surface area contributed by atoms with Crippen molar-refractivity contribution in [3.8, 4) is 20.9 Å². The molecule has 0 N–H and O–H groups in total. The molecule has 2 aromatic carbocycles. The van der Waals surface area contributed by atoms with Crippen molar-refractivity contribution >= 4 is 43.8 Å². The Morgan fingerprint density at radius 1 is 0.538 bits per heavy atom. The summed E-state index contributed by atoms with van der Waals surface area (Å²) < 4.78 is 93.1. The van der Waals surface area contributed by atoms with Crippen LogP contribution in [0.15, 0.2) is 72.8 Å². The number of allylic oxidation sites excluding steroid dienone is 2. The van der Waals surface area contributed by atoms with Gasteiger partial charge in [-0.2, -0.15) is 26.3 Å². The van der Waals surface area contributed by atoms with Gasteiger partial charge in [-0.25, -0.2) is 0 Å². The molecule has 4 aromatic rings. The third-order valence-electron chi connectivity index (χ3n) is 6.56. The van der Waals surface area contributed by atoms with Gasteiger partial charge in [-0.1, -0.05) is 60.7 Å². The Morgan fingerprint density at radius 3 is 1.18 bits per heavy atom. The summed E-state index contributed by atoms with van der Waals surface area (Å²) in [5.74, 6) is -15.9. The van der Waals surface area contributed by atoms with Gasteiger partial charge in [0.1, 0.15) is 0 Å². The van der Waals surface area contributed by atoms with E-state index in [0.717, 1.165) is 22.7 Å². The zero-order valence-corrected chi connectivity index (χ0v) is 23.0. The Balaban J connectivity index is 1.87. The first-order chi connectivity index (χ1) is 18.3. The monoisotopic (exact) mass is 578 g/mol. The van der Waals surface area contributed by atoms with Crippen LogP contribution in [0, 0.1) is 0 Å². The highest BCUT2D eigenvalue weighted by atomic mass is 32.1. The minimum Gasteiger partial charge on any atom is -0.369 e.